The molecule has 0 spiro atoms. The first-order valence-corrected chi connectivity index (χ1v) is 11.1. The Bertz CT molecular complexity index is 946. The first-order valence-electron chi connectivity index (χ1n) is 11.1. The monoisotopic (exact) mass is 464 g/mol. The van der Waals surface area contributed by atoms with Crippen LogP contribution in [0.3, 0.4) is 0 Å². The van der Waals surface area contributed by atoms with E-state index in [9.17, 15) is 14.7 Å². The number of amides is 1. The summed E-state index contributed by atoms with van der Waals surface area (Å²) in [6.45, 7) is 13.1. The number of hydrogen-bond donors (Lipinski definition) is 2. The molecule has 1 unspecified atom stereocenters. The highest BCUT2D eigenvalue weighted by atomic mass is 16.6. The molecule has 0 bridgehead atoms. The minimum atomic E-state index is -0.677. The summed E-state index contributed by atoms with van der Waals surface area (Å²) in [6.07, 6.45) is -0.178. The molecule has 0 radical (unpaired) electrons. The van der Waals surface area contributed by atoms with E-state index >= 15 is 0 Å². The van der Waals surface area contributed by atoms with Crippen molar-refractivity contribution in [1.82, 2.24) is 10.2 Å². The van der Waals surface area contributed by atoms with Crippen LogP contribution in [-0.2, 0) is 20.7 Å². The molecule has 3 rings (SSSR count). The van der Waals surface area contributed by atoms with E-state index in [-0.39, 0.29) is 18.2 Å². The number of ether oxygens (including phenoxy) is 4. The number of phenolic OH excluding ortho intramolecular Hbond substituents is 1. The second-order valence-corrected chi connectivity index (χ2v) is 10.6. The maximum absolute atomic E-state index is 13.0. The number of benzene rings is 1. The van der Waals surface area contributed by atoms with Crippen molar-refractivity contribution in [2.75, 3.05) is 20.8 Å². The minimum Gasteiger partial charge on any atom is -0.504 e. The Morgan fingerprint density at radius 1 is 1.00 bits per heavy atom. The summed E-state index contributed by atoms with van der Waals surface area (Å²) >= 11 is 0. The van der Waals surface area contributed by atoms with E-state index in [1.54, 1.807) is 39.7 Å². The highest BCUT2D eigenvalue weighted by Crippen LogP contribution is 2.50. The van der Waals surface area contributed by atoms with Gasteiger partial charge in [-0.3, -0.25) is 15.0 Å². The van der Waals surface area contributed by atoms with Gasteiger partial charge in [0.15, 0.2) is 11.5 Å². The van der Waals surface area contributed by atoms with Gasteiger partial charge < -0.3 is 24.1 Å². The molecule has 1 aromatic rings. The lowest BCUT2D eigenvalue weighted by atomic mass is 9.85. The number of phenols is 1. The third kappa shape index (κ3) is 5.13. The van der Waals surface area contributed by atoms with E-state index in [1.165, 1.54) is 7.11 Å². The Balaban J connectivity index is 2.04. The second-order valence-electron chi connectivity index (χ2n) is 10.6. The number of aromatic hydroxyl groups is 1. The van der Waals surface area contributed by atoms with Crippen molar-refractivity contribution in [3.63, 3.8) is 0 Å². The molecule has 9 nitrogen and oxygen atoms in total. The molecule has 0 aliphatic carbocycles. The van der Waals surface area contributed by atoms with Gasteiger partial charge in [0.25, 0.3) is 0 Å². The van der Waals surface area contributed by atoms with Crippen molar-refractivity contribution in [1.29, 1.82) is 0 Å². The highest BCUT2D eigenvalue weighted by molar-refractivity contribution is 5.79. The number of carbonyl (C=O) groups excluding carboxylic acids is 2. The number of esters is 1. The van der Waals surface area contributed by atoms with Crippen molar-refractivity contribution < 1.29 is 33.6 Å². The van der Waals surface area contributed by atoms with E-state index in [0.717, 1.165) is 0 Å². The zero-order valence-corrected chi connectivity index (χ0v) is 21.0. The molecule has 2 N–H and O–H groups in total. The first-order chi connectivity index (χ1) is 15.2. The Labute approximate surface area is 195 Å². The fraction of sp³-hybridized carbons (Fsp3) is 0.667. The van der Waals surface area contributed by atoms with Gasteiger partial charge in [-0.1, -0.05) is 0 Å². The van der Waals surface area contributed by atoms with Crippen molar-refractivity contribution in [3.05, 3.63) is 16.7 Å². The fourth-order valence-electron chi connectivity index (χ4n) is 4.32. The molecule has 1 fully saturated rings. The minimum absolute atomic E-state index is 0.0259. The van der Waals surface area contributed by atoms with Crippen LogP contribution in [0.1, 0.15) is 64.3 Å². The van der Waals surface area contributed by atoms with Gasteiger partial charge in [0.05, 0.1) is 26.3 Å². The van der Waals surface area contributed by atoms with Crippen LogP contribution in [-0.4, -0.2) is 66.1 Å². The van der Waals surface area contributed by atoms with Gasteiger partial charge >= 0.3 is 12.1 Å². The molecule has 2 aliphatic rings. The van der Waals surface area contributed by atoms with E-state index in [2.05, 4.69) is 5.32 Å². The molecule has 0 aromatic heterocycles. The second kappa shape index (κ2) is 8.59. The van der Waals surface area contributed by atoms with Crippen LogP contribution in [0.5, 0.6) is 17.2 Å². The van der Waals surface area contributed by atoms with Gasteiger partial charge in [-0.2, -0.15) is 0 Å². The van der Waals surface area contributed by atoms with Crippen molar-refractivity contribution in [2.45, 2.75) is 84.2 Å². The SMILES string of the molecule is COc1c(C)c(OC)c2c(c1O)[C@H]([C@@H]1CN1C(=O)OC(C)(C)C)NC(C(=O)OC(C)(C)C)C2. The highest BCUT2D eigenvalue weighted by Gasteiger charge is 2.51. The lowest BCUT2D eigenvalue weighted by molar-refractivity contribution is -0.158. The Hall–Kier alpha value is -2.68. The first kappa shape index (κ1) is 25.0. The van der Waals surface area contributed by atoms with Crippen molar-refractivity contribution in [3.8, 4) is 17.2 Å². The Morgan fingerprint density at radius 3 is 2.09 bits per heavy atom. The smallest absolute Gasteiger partial charge is 0.410 e. The molecule has 3 atom stereocenters. The molecular weight excluding hydrogens is 428 g/mol. The fourth-order valence-corrected chi connectivity index (χ4v) is 4.32. The van der Waals surface area contributed by atoms with Crippen LogP contribution < -0.4 is 14.8 Å². The maximum Gasteiger partial charge on any atom is 0.410 e. The van der Waals surface area contributed by atoms with Crippen LogP contribution >= 0.6 is 0 Å². The number of carbonyl (C=O) groups is 2. The summed E-state index contributed by atoms with van der Waals surface area (Å²) in [6, 6.07) is -1.53. The van der Waals surface area contributed by atoms with Crippen LogP contribution in [0.15, 0.2) is 0 Å². The zero-order valence-electron chi connectivity index (χ0n) is 21.0. The number of methoxy groups -OCH3 is 2. The lowest BCUT2D eigenvalue weighted by Gasteiger charge is -2.35. The van der Waals surface area contributed by atoms with Gasteiger partial charge in [-0.25, -0.2) is 4.79 Å². The predicted octanol–water partition coefficient (Wildman–Crippen LogP) is 3.23. The van der Waals surface area contributed by atoms with E-state index in [1.807, 2.05) is 20.8 Å². The third-order valence-corrected chi connectivity index (χ3v) is 5.61. The normalized spacial score (nSPS) is 22.3. The summed E-state index contributed by atoms with van der Waals surface area (Å²) in [4.78, 5) is 27.2. The zero-order chi connectivity index (χ0) is 24.9. The van der Waals surface area contributed by atoms with Gasteiger partial charge in [-0.15, -0.1) is 0 Å². The number of nitrogens with zero attached hydrogens (tertiary/aromatic N) is 1. The number of fused-ring (bicyclic) bond motifs is 1. The Morgan fingerprint density at radius 2 is 1.58 bits per heavy atom. The van der Waals surface area contributed by atoms with Crippen LogP contribution in [0.25, 0.3) is 0 Å². The van der Waals surface area contributed by atoms with E-state index in [0.29, 0.717) is 34.7 Å². The van der Waals surface area contributed by atoms with Crippen LogP contribution in [0.4, 0.5) is 4.79 Å². The Kier molecular flexibility index (Phi) is 6.50. The third-order valence-electron chi connectivity index (χ3n) is 5.61. The predicted molar refractivity (Wildman–Crippen MR) is 122 cm³/mol. The summed E-state index contributed by atoms with van der Waals surface area (Å²) < 4.78 is 22.3. The number of hydrogen-bond acceptors (Lipinski definition) is 8. The van der Waals surface area contributed by atoms with Crippen LogP contribution in [0.2, 0.25) is 0 Å². The molecule has 2 heterocycles. The van der Waals surface area contributed by atoms with Crippen molar-refractivity contribution >= 4 is 12.1 Å². The molecule has 1 aromatic carbocycles. The van der Waals surface area contributed by atoms with E-state index < -0.39 is 35.3 Å². The topological polar surface area (TPSA) is 106 Å². The maximum atomic E-state index is 13.0. The number of nitrogens with one attached hydrogen (secondary N) is 1. The molecule has 9 heteroatoms. The average Bonchev–Trinajstić information content (AvgIpc) is 3.46. The summed E-state index contributed by atoms with van der Waals surface area (Å²) in [7, 11) is 3.02. The lowest BCUT2D eigenvalue weighted by Crippen LogP contribution is -2.49. The van der Waals surface area contributed by atoms with Crippen LogP contribution in [0, 0.1) is 6.92 Å². The quantitative estimate of drug-likeness (QED) is 0.517. The largest absolute Gasteiger partial charge is 0.504 e. The van der Waals surface area contributed by atoms with Gasteiger partial charge in [0, 0.05) is 29.7 Å². The molecule has 184 valence electrons. The average molecular weight is 465 g/mol. The van der Waals surface area contributed by atoms with Gasteiger partial charge in [-0.05, 0) is 48.5 Å². The van der Waals surface area contributed by atoms with E-state index in [4.69, 9.17) is 18.9 Å². The van der Waals surface area contributed by atoms with Gasteiger partial charge in [0.2, 0.25) is 0 Å². The van der Waals surface area contributed by atoms with Crippen molar-refractivity contribution in [2.24, 2.45) is 0 Å². The standard InChI is InChI=1S/C24H36N2O7/c1-12-19(30-8)13-10-14(21(28)32-23(2,3)4)25-17(16(13)18(27)20(12)31-9)15-11-26(15)22(29)33-24(5,6)7/h14-15,17,25,27H,10-11H2,1-9H3/t14?,15-,17-,26?/m0/s1. The molecule has 33 heavy (non-hydrogen) atoms. The summed E-state index contributed by atoms with van der Waals surface area (Å²) in [5.41, 5.74) is 0.611. The molecule has 1 saturated heterocycles. The molecular formula is C24H36N2O7. The molecule has 2 aliphatic heterocycles. The molecule has 1 amide bonds. The molecule has 0 saturated carbocycles. The van der Waals surface area contributed by atoms with Gasteiger partial charge in [0.1, 0.15) is 23.0 Å². The summed E-state index contributed by atoms with van der Waals surface area (Å²) in [5.74, 6) is 0.418. The number of rotatable bonds is 4. The summed E-state index contributed by atoms with van der Waals surface area (Å²) in [5, 5.41) is 14.4.